The van der Waals surface area contributed by atoms with Crippen LogP contribution in [-0.4, -0.2) is 26.3 Å². The molecular formula is C20H19FN4O2. The summed E-state index contributed by atoms with van der Waals surface area (Å²) in [6.45, 7) is 4.27. The molecule has 6 nitrogen and oxygen atoms in total. The van der Waals surface area contributed by atoms with Crippen LogP contribution < -0.4 is 5.32 Å². The van der Waals surface area contributed by atoms with Crippen molar-refractivity contribution in [3.8, 4) is 0 Å². The monoisotopic (exact) mass is 366 g/mol. The summed E-state index contributed by atoms with van der Waals surface area (Å²) in [5.41, 5.74) is 2.59. The minimum atomic E-state index is -0.349. The van der Waals surface area contributed by atoms with Crippen LogP contribution in [-0.2, 0) is 13.0 Å². The Kier molecular flexibility index (Phi) is 4.02. The van der Waals surface area contributed by atoms with E-state index in [1.54, 1.807) is 16.6 Å². The first-order chi connectivity index (χ1) is 12.8. The maximum atomic E-state index is 13.3. The molecule has 2 aromatic heterocycles. The molecule has 3 aromatic rings. The second kappa shape index (κ2) is 6.26. The molecule has 1 amide bonds. The third-order valence-corrected chi connectivity index (χ3v) is 4.80. The zero-order valence-corrected chi connectivity index (χ0v) is 15.1. The number of halogens is 1. The Labute approximate surface area is 155 Å². The van der Waals surface area contributed by atoms with E-state index in [0.29, 0.717) is 35.2 Å². The molecule has 0 bridgehead atoms. The van der Waals surface area contributed by atoms with Crippen molar-refractivity contribution in [2.24, 2.45) is 5.41 Å². The summed E-state index contributed by atoms with van der Waals surface area (Å²) in [6.07, 6.45) is 4.14. The predicted octanol–water partition coefficient (Wildman–Crippen LogP) is 2.95. The Morgan fingerprint density at radius 3 is 2.89 bits per heavy atom. The second-order valence-electron chi connectivity index (χ2n) is 7.67. The number of hydrogen-bond acceptors (Lipinski definition) is 4. The van der Waals surface area contributed by atoms with E-state index in [4.69, 9.17) is 0 Å². The summed E-state index contributed by atoms with van der Waals surface area (Å²) in [5, 5.41) is 7.06. The smallest absolute Gasteiger partial charge is 0.257 e. The van der Waals surface area contributed by atoms with Crippen LogP contribution >= 0.6 is 0 Å². The molecule has 4 rings (SSSR count). The molecule has 27 heavy (non-hydrogen) atoms. The highest BCUT2D eigenvalue weighted by atomic mass is 19.1. The molecule has 0 spiro atoms. The maximum absolute atomic E-state index is 13.3. The summed E-state index contributed by atoms with van der Waals surface area (Å²) in [6, 6.07) is 6.06. The van der Waals surface area contributed by atoms with Crippen molar-refractivity contribution in [2.45, 2.75) is 33.2 Å². The van der Waals surface area contributed by atoms with Gasteiger partial charge in [-0.05, 0) is 29.5 Å². The van der Waals surface area contributed by atoms with Gasteiger partial charge in [-0.1, -0.05) is 26.0 Å². The Hall–Kier alpha value is -3.09. The van der Waals surface area contributed by atoms with Gasteiger partial charge >= 0.3 is 0 Å². The lowest BCUT2D eigenvalue weighted by Crippen LogP contribution is -2.29. The lowest BCUT2D eigenvalue weighted by atomic mass is 9.76. The van der Waals surface area contributed by atoms with Gasteiger partial charge in [0.1, 0.15) is 11.4 Å². The van der Waals surface area contributed by atoms with Gasteiger partial charge in [0.2, 0.25) is 0 Å². The number of carbonyl (C=O) groups excluding carboxylic acids is 2. The number of aromatic nitrogens is 3. The lowest BCUT2D eigenvalue weighted by molar-refractivity contribution is 0.0907. The van der Waals surface area contributed by atoms with E-state index in [-0.39, 0.29) is 29.5 Å². The lowest BCUT2D eigenvalue weighted by Gasteiger charge is -2.29. The van der Waals surface area contributed by atoms with Gasteiger partial charge in [-0.2, -0.15) is 5.10 Å². The third kappa shape index (κ3) is 3.20. The fourth-order valence-electron chi connectivity index (χ4n) is 3.51. The first kappa shape index (κ1) is 17.3. The highest BCUT2D eigenvalue weighted by Gasteiger charge is 2.33. The molecule has 0 aliphatic heterocycles. The average Bonchev–Trinajstić information content (AvgIpc) is 3.03. The Bertz CT molecular complexity index is 1070. The second-order valence-corrected chi connectivity index (χ2v) is 7.67. The number of benzene rings is 1. The van der Waals surface area contributed by atoms with Crippen molar-refractivity contribution >= 4 is 17.3 Å². The normalized spacial score (nSPS) is 15.6. The van der Waals surface area contributed by atoms with Crippen LogP contribution in [0.15, 0.2) is 36.7 Å². The number of Topliss-reactive ketones (excluding diaryl/α,β-unsaturated/α-hetero) is 1. The molecule has 0 unspecified atom stereocenters. The van der Waals surface area contributed by atoms with Gasteiger partial charge in [-0.15, -0.1) is 0 Å². The van der Waals surface area contributed by atoms with Crippen LogP contribution in [0.4, 0.5) is 4.39 Å². The van der Waals surface area contributed by atoms with Crippen molar-refractivity contribution in [3.63, 3.8) is 0 Å². The largest absolute Gasteiger partial charge is 0.348 e. The third-order valence-electron chi connectivity index (χ3n) is 4.80. The molecule has 1 aliphatic rings. The number of fused-ring (bicyclic) bond motifs is 3. The molecule has 2 heterocycles. The van der Waals surface area contributed by atoms with E-state index in [1.807, 2.05) is 13.8 Å². The number of carbonyl (C=O) groups is 2. The molecule has 0 atom stereocenters. The minimum absolute atomic E-state index is 0.0447. The number of rotatable bonds is 3. The van der Waals surface area contributed by atoms with Crippen molar-refractivity contribution in [2.75, 3.05) is 0 Å². The topological polar surface area (TPSA) is 76.4 Å². The van der Waals surface area contributed by atoms with Crippen molar-refractivity contribution < 1.29 is 14.0 Å². The highest BCUT2D eigenvalue weighted by Crippen LogP contribution is 2.34. The SMILES string of the molecule is CC1(C)CC(=O)c2cnc3c(C(=O)NCc4cccc(F)c4)cnn3c2C1. The van der Waals surface area contributed by atoms with E-state index >= 15 is 0 Å². The molecule has 0 saturated carbocycles. The van der Waals surface area contributed by atoms with E-state index in [1.165, 1.54) is 24.5 Å². The van der Waals surface area contributed by atoms with Crippen LogP contribution in [0.2, 0.25) is 0 Å². The Morgan fingerprint density at radius 2 is 2.11 bits per heavy atom. The molecular weight excluding hydrogens is 347 g/mol. The zero-order valence-electron chi connectivity index (χ0n) is 15.1. The number of nitrogens with one attached hydrogen (secondary N) is 1. The summed E-state index contributed by atoms with van der Waals surface area (Å²) in [7, 11) is 0. The predicted molar refractivity (Wildman–Crippen MR) is 97.0 cm³/mol. The first-order valence-corrected chi connectivity index (χ1v) is 8.75. The van der Waals surface area contributed by atoms with Crippen LogP contribution in [0, 0.1) is 11.2 Å². The number of hydrogen-bond donors (Lipinski definition) is 1. The van der Waals surface area contributed by atoms with Crippen LogP contribution in [0.3, 0.4) is 0 Å². The van der Waals surface area contributed by atoms with Gasteiger partial charge in [0.05, 0.1) is 17.5 Å². The average molecular weight is 366 g/mol. The van der Waals surface area contributed by atoms with Crippen molar-refractivity contribution in [1.29, 1.82) is 0 Å². The maximum Gasteiger partial charge on any atom is 0.257 e. The highest BCUT2D eigenvalue weighted by molar-refractivity contribution is 6.01. The molecule has 0 radical (unpaired) electrons. The molecule has 0 saturated heterocycles. The fraction of sp³-hybridized carbons (Fsp3) is 0.300. The summed E-state index contributed by atoms with van der Waals surface area (Å²) < 4.78 is 14.9. The van der Waals surface area contributed by atoms with Gasteiger partial charge < -0.3 is 5.32 Å². The van der Waals surface area contributed by atoms with Crippen LogP contribution in [0.25, 0.3) is 5.65 Å². The van der Waals surface area contributed by atoms with Gasteiger partial charge in [-0.3, -0.25) is 9.59 Å². The van der Waals surface area contributed by atoms with Crippen molar-refractivity contribution in [3.05, 3.63) is 64.9 Å². The Morgan fingerprint density at radius 1 is 1.30 bits per heavy atom. The quantitative estimate of drug-likeness (QED) is 0.773. The minimum Gasteiger partial charge on any atom is -0.348 e. The number of ketones is 1. The molecule has 1 aromatic carbocycles. The zero-order chi connectivity index (χ0) is 19.2. The van der Waals surface area contributed by atoms with Gasteiger partial charge in [0.25, 0.3) is 5.91 Å². The molecule has 1 N–H and O–H groups in total. The molecule has 7 heteroatoms. The van der Waals surface area contributed by atoms with Gasteiger partial charge in [-0.25, -0.2) is 13.9 Å². The first-order valence-electron chi connectivity index (χ1n) is 8.75. The summed E-state index contributed by atoms with van der Waals surface area (Å²) >= 11 is 0. The van der Waals surface area contributed by atoms with Crippen LogP contribution in [0.1, 0.15) is 52.2 Å². The standard InChI is InChI=1S/C20H19FN4O2/c1-20(2)7-16-14(17(26)8-20)10-22-18-15(11-24-25(16)18)19(27)23-9-12-4-3-5-13(21)6-12/h3-6,10-11H,7-9H2,1-2H3,(H,23,27). The van der Waals surface area contributed by atoms with E-state index < -0.39 is 0 Å². The molecule has 1 aliphatic carbocycles. The van der Waals surface area contributed by atoms with E-state index in [9.17, 15) is 14.0 Å². The number of amides is 1. The number of nitrogens with zero attached hydrogens (tertiary/aromatic N) is 3. The van der Waals surface area contributed by atoms with Gasteiger partial charge in [0, 0.05) is 19.2 Å². The summed E-state index contributed by atoms with van der Waals surface area (Å²) in [5.74, 6) is -0.648. The fourth-order valence-corrected chi connectivity index (χ4v) is 3.51. The molecule has 138 valence electrons. The van der Waals surface area contributed by atoms with E-state index in [2.05, 4.69) is 15.4 Å². The van der Waals surface area contributed by atoms with Gasteiger partial charge in [0.15, 0.2) is 11.4 Å². The molecule has 0 fully saturated rings. The summed E-state index contributed by atoms with van der Waals surface area (Å²) in [4.78, 5) is 29.3. The van der Waals surface area contributed by atoms with Crippen molar-refractivity contribution in [1.82, 2.24) is 19.9 Å². The Balaban J connectivity index is 1.64. The van der Waals surface area contributed by atoms with Crippen LogP contribution in [0.5, 0.6) is 0 Å². The van der Waals surface area contributed by atoms with E-state index in [0.717, 1.165) is 5.69 Å².